The molecule has 0 amide bonds. The molecule has 0 bridgehead atoms. The van der Waals surface area contributed by atoms with Crippen LogP contribution in [-0.4, -0.2) is 29.8 Å². The van der Waals surface area contributed by atoms with E-state index in [0.29, 0.717) is 12.5 Å². The van der Waals surface area contributed by atoms with Crippen molar-refractivity contribution < 1.29 is 4.74 Å². The van der Waals surface area contributed by atoms with E-state index in [-0.39, 0.29) is 0 Å². The van der Waals surface area contributed by atoms with Gasteiger partial charge in [0.25, 0.3) is 0 Å². The lowest BCUT2D eigenvalue weighted by Gasteiger charge is -2.30. The summed E-state index contributed by atoms with van der Waals surface area (Å²) >= 11 is 0. The summed E-state index contributed by atoms with van der Waals surface area (Å²) in [5.74, 6) is 1.55. The number of methoxy groups -OCH3 is 1. The average Bonchev–Trinajstić information content (AvgIpc) is 2.85. The number of anilines is 1. The average molecular weight is 257 g/mol. The number of aromatic nitrogens is 2. The van der Waals surface area contributed by atoms with Crippen molar-refractivity contribution in [3.05, 3.63) is 47.8 Å². The Morgan fingerprint density at radius 3 is 3.16 bits per heavy atom. The second kappa shape index (κ2) is 5.45. The van der Waals surface area contributed by atoms with Crippen LogP contribution in [0.4, 0.5) is 5.95 Å². The zero-order valence-corrected chi connectivity index (χ0v) is 11.2. The first kappa shape index (κ1) is 12.2. The Balaban J connectivity index is 1.58. The zero-order valence-electron chi connectivity index (χ0n) is 11.2. The van der Waals surface area contributed by atoms with Crippen LogP contribution in [-0.2, 0) is 17.7 Å². The Morgan fingerprint density at radius 1 is 1.42 bits per heavy atom. The number of imidazole rings is 1. The van der Waals surface area contributed by atoms with Crippen LogP contribution in [0.1, 0.15) is 17.0 Å². The topological polar surface area (TPSA) is 39.1 Å². The minimum absolute atomic E-state index is 0.615. The number of hydrogen-bond acceptors (Lipinski definition) is 3. The van der Waals surface area contributed by atoms with Crippen molar-refractivity contribution in [1.82, 2.24) is 9.55 Å². The summed E-state index contributed by atoms with van der Waals surface area (Å²) in [4.78, 5) is 4.35. The molecule has 100 valence electrons. The van der Waals surface area contributed by atoms with Gasteiger partial charge in [0.1, 0.15) is 0 Å². The lowest BCUT2D eigenvalue weighted by Crippen LogP contribution is -2.25. The zero-order chi connectivity index (χ0) is 13.1. The first-order valence-corrected chi connectivity index (χ1v) is 6.70. The van der Waals surface area contributed by atoms with E-state index in [1.165, 1.54) is 17.5 Å². The summed E-state index contributed by atoms with van der Waals surface area (Å²) in [7, 11) is 1.72. The summed E-state index contributed by atoms with van der Waals surface area (Å²) in [5.41, 5.74) is 2.96. The molecule has 1 aromatic carbocycles. The second-order valence-electron chi connectivity index (χ2n) is 4.92. The molecule has 4 nitrogen and oxygen atoms in total. The van der Waals surface area contributed by atoms with Gasteiger partial charge in [0, 0.05) is 38.5 Å². The highest BCUT2D eigenvalue weighted by Gasteiger charge is 2.25. The van der Waals surface area contributed by atoms with Gasteiger partial charge in [-0.3, -0.25) is 0 Å². The molecule has 1 aliphatic rings. The van der Waals surface area contributed by atoms with E-state index in [0.717, 1.165) is 19.0 Å². The third-order valence-corrected chi connectivity index (χ3v) is 3.72. The number of ether oxygens (including phenoxy) is 1. The van der Waals surface area contributed by atoms with Gasteiger partial charge in [0.2, 0.25) is 5.95 Å². The Labute approximate surface area is 113 Å². The van der Waals surface area contributed by atoms with E-state index >= 15 is 0 Å². The second-order valence-corrected chi connectivity index (χ2v) is 4.92. The fraction of sp³-hybridized carbons (Fsp3) is 0.400. The molecule has 1 aliphatic carbocycles. The quantitative estimate of drug-likeness (QED) is 0.863. The van der Waals surface area contributed by atoms with E-state index < -0.39 is 0 Å². The number of nitrogens with zero attached hydrogens (tertiary/aromatic N) is 2. The van der Waals surface area contributed by atoms with Crippen molar-refractivity contribution in [3.63, 3.8) is 0 Å². The number of fused-ring (bicyclic) bond motifs is 1. The Kier molecular flexibility index (Phi) is 3.51. The molecule has 1 atom stereocenters. The molecule has 2 aromatic rings. The Bertz CT molecular complexity index is 550. The first-order valence-electron chi connectivity index (χ1n) is 6.70. The number of benzene rings is 1. The van der Waals surface area contributed by atoms with E-state index in [9.17, 15) is 0 Å². The van der Waals surface area contributed by atoms with Crippen LogP contribution >= 0.6 is 0 Å². The minimum Gasteiger partial charge on any atom is -0.383 e. The van der Waals surface area contributed by atoms with Gasteiger partial charge in [0.05, 0.1) is 6.61 Å². The van der Waals surface area contributed by atoms with Crippen molar-refractivity contribution in [1.29, 1.82) is 0 Å². The van der Waals surface area contributed by atoms with Crippen LogP contribution in [0.25, 0.3) is 0 Å². The molecule has 0 radical (unpaired) electrons. The Morgan fingerprint density at radius 2 is 2.32 bits per heavy atom. The van der Waals surface area contributed by atoms with Crippen molar-refractivity contribution in [2.45, 2.75) is 18.9 Å². The lowest BCUT2D eigenvalue weighted by atomic mass is 9.78. The lowest BCUT2D eigenvalue weighted by molar-refractivity contribution is 0.187. The Hall–Kier alpha value is -1.81. The molecule has 0 saturated heterocycles. The molecule has 4 heteroatoms. The highest BCUT2D eigenvalue weighted by atomic mass is 16.5. The predicted octanol–water partition coefficient (Wildman–Crippen LogP) is 2.28. The largest absolute Gasteiger partial charge is 0.383 e. The fourth-order valence-electron chi connectivity index (χ4n) is 2.61. The predicted molar refractivity (Wildman–Crippen MR) is 75.5 cm³/mol. The summed E-state index contributed by atoms with van der Waals surface area (Å²) in [6, 6.07) is 8.67. The van der Waals surface area contributed by atoms with E-state index in [4.69, 9.17) is 4.74 Å². The van der Waals surface area contributed by atoms with Gasteiger partial charge in [-0.25, -0.2) is 4.98 Å². The van der Waals surface area contributed by atoms with Gasteiger partial charge in [-0.15, -0.1) is 0 Å². The van der Waals surface area contributed by atoms with Crippen LogP contribution < -0.4 is 5.32 Å². The molecule has 1 N–H and O–H groups in total. The number of rotatable bonds is 6. The molecular formula is C15H19N3O. The minimum atomic E-state index is 0.615. The van der Waals surface area contributed by atoms with Crippen molar-refractivity contribution in [2.24, 2.45) is 0 Å². The molecule has 1 aromatic heterocycles. The molecule has 0 spiro atoms. The van der Waals surface area contributed by atoms with E-state index in [1.807, 2.05) is 12.4 Å². The SMILES string of the molecule is COCCn1ccnc1NCC1Cc2ccccc21. The summed E-state index contributed by atoms with van der Waals surface area (Å²) in [6.07, 6.45) is 4.98. The number of nitrogens with one attached hydrogen (secondary N) is 1. The standard InChI is InChI=1S/C15H19N3O/c1-19-9-8-18-7-6-16-15(18)17-11-13-10-12-4-2-3-5-14(12)13/h2-7,13H,8-11H2,1H3,(H,16,17). The molecule has 19 heavy (non-hydrogen) atoms. The third-order valence-electron chi connectivity index (χ3n) is 3.72. The molecule has 0 fully saturated rings. The monoisotopic (exact) mass is 257 g/mol. The normalized spacial score (nSPS) is 16.8. The van der Waals surface area contributed by atoms with Crippen LogP contribution in [0, 0.1) is 0 Å². The summed E-state index contributed by atoms with van der Waals surface area (Å²) < 4.78 is 7.19. The van der Waals surface area contributed by atoms with Crippen LogP contribution in [0.5, 0.6) is 0 Å². The first-order chi connectivity index (χ1) is 9.38. The molecular weight excluding hydrogens is 238 g/mol. The van der Waals surface area contributed by atoms with Crippen molar-refractivity contribution in [2.75, 3.05) is 25.6 Å². The van der Waals surface area contributed by atoms with Gasteiger partial charge in [-0.1, -0.05) is 24.3 Å². The smallest absolute Gasteiger partial charge is 0.202 e. The fourth-order valence-corrected chi connectivity index (χ4v) is 2.61. The molecule has 0 saturated carbocycles. The maximum absolute atomic E-state index is 5.10. The maximum atomic E-state index is 5.10. The highest BCUT2D eigenvalue weighted by molar-refractivity contribution is 5.41. The summed E-state index contributed by atoms with van der Waals surface area (Å²) in [5, 5.41) is 3.44. The van der Waals surface area contributed by atoms with Gasteiger partial charge < -0.3 is 14.6 Å². The van der Waals surface area contributed by atoms with Gasteiger partial charge >= 0.3 is 0 Å². The highest BCUT2D eigenvalue weighted by Crippen LogP contribution is 2.34. The van der Waals surface area contributed by atoms with Crippen LogP contribution in [0.15, 0.2) is 36.7 Å². The molecule has 0 aliphatic heterocycles. The van der Waals surface area contributed by atoms with Crippen molar-refractivity contribution >= 4 is 5.95 Å². The van der Waals surface area contributed by atoms with E-state index in [1.54, 1.807) is 7.11 Å². The molecule has 1 unspecified atom stereocenters. The van der Waals surface area contributed by atoms with Gasteiger partial charge in [0.15, 0.2) is 0 Å². The van der Waals surface area contributed by atoms with Crippen LogP contribution in [0.3, 0.4) is 0 Å². The van der Waals surface area contributed by atoms with E-state index in [2.05, 4.69) is 39.1 Å². The number of hydrogen-bond donors (Lipinski definition) is 1. The summed E-state index contributed by atoms with van der Waals surface area (Å²) in [6.45, 7) is 2.48. The van der Waals surface area contributed by atoms with Crippen LogP contribution in [0.2, 0.25) is 0 Å². The maximum Gasteiger partial charge on any atom is 0.202 e. The third kappa shape index (κ3) is 2.49. The van der Waals surface area contributed by atoms with Crippen molar-refractivity contribution in [3.8, 4) is 0 Å². The van der Waals surface area contributed by atoms with Gasteiger partial charge in [-0.05, 0) is 17.5 Å². The van der Waals surface area contributed by atoms with Gasteiger partial charge in [-0.2, -0.15) is 0 Å². The molecule has 1 heterocycles. The molecule has 3 rings (SSSR count).